The van der Waals surface area contributed by atoms with Gasteiger partial charge in [-0.05, 0) is 25.1 Å². The number of halogens is 1. The highest BCUT2D eigenvalue weighted by Crippen LogP contribution is 2.26. The lowest BCUT2D eigenvalue weighted by Gasteiger charge is -2.06. The Bertz CT molecular complexity index is 258. The number of hydrogen-bond donors (Lipinski definition) is 2. The van der Waals surface area contributed by atoms with E-state index in [1.54, 1.807) is 19.1 Å². The minimum atomic E-state index is -0.686. The first-order valence-electron chi connectivity index (χ1n) is 3.27. The van der Waals surface area contributed by atoms with Gasteiger partial charge in [0.15, 0.2) is 0 Å². The SMILES string of the molecule is CC(O)c1cc(Cl)ccc1O. The zero-order chi connectivity index (χ0) is 8.43. The van der Waals surface area contributed by atoms with Crippen molar-refractivity contribution in [2.75, 3.05) is 0 Å². The van der Waals surface area contributed by atoms with Crippen LogP contribution >= 0.6 is 11.6 Å². The molecule has 2 nitrogen and oxygen atoms in total. The zero-order valence-corrected chi connectivity index (χ0v) is 6.84. The molecule has 1 atom stereocenters. The minimum Gasteiger partial charge on any atom is -0.508 e. The Morgan fingerprint density at radius 1 is 1.45 bits per heavy atom. The van der Waals surface area contributed by atoms with E-state index < -0.39 is 6.10 Å². The van der Waals surface area contributed by atoms with Crippen LogP contribution in [0.1, 0.15) is 18.6 Å². The molecule has 0 amide bonds. The lowest BCUT2D eigenvalue weighted by molar-refractivity contribution is 0.195. The molecule has 0 aliphatic heterocycles. The van der Waals surface area contributed by atoms with Crippen LogP contribution in [0.15, 0.2) is 18.2 Å². The molecule has 11 heavy (non-hydrogen) atoms. The van der Waals surface area contributed by atoms with Crippen LogP contribution in [0.25, 0.3) is 0 Å². The van der Waals surface area contributed by atoms with Crippen molar-refractivity contribution in [1.29, 1.82) is 0 Å². The van der Waals surface area contributed by atoms with E-state index in [-0.39, 0.29) is 5.75 Å². The Morgan fingerprint density at radius 3 is 2.55 bits per heavy atom. The molecule has 0 saturated carbocycles. The van der Waals surface area contributed by atoms with Gasteiger partial charge in [-0.25, -0.2) is 0 Å². The molecule has 2 N–H and O–H groups in total. The molecule has 0 saturated heterocycles. The fraction of sp³-hybridized carbons (Fsp3) is 0.250. The summed E-state index contributed by atoms with van der Waals surface area (Å²) in [6, 6.07) is 4.58. The quantitative estimate of drug-likeness (QED) is 0.681. The maximum atomic E-state index is 9.19. The highest BCUT2D eigenvalue weighted by atomic mass is 35.5. The van der Waals surface area contributed by atoms with Crippen molar-refractivity contribution in [2.24, 2.45) is 0 Å². The molecule has 0 aromatic heterocycles. The predicted molar refractivity (Wildman–Crippen MR) is 43.8 cm³/mol. The van der Waals surface area contributed by atoms with Crippen LogP contribution < -0.4 is 0 Å². The van der Waals surface area contributed by atoms with E-state index in [0.29, 0.717) is 10.6 Å². The molecule has 0 spiro atoms. The molecule has 1 unspecified atom stereocenters. The molecule has 1 aromatic rings. The van der Waals surface area contributed by atoms with Crippen LogP contribution in [0.5, 0.6) is 5.75 Å². The number of aromatic hydroxyl groups is 1. The van der Waals surface area contributed by atoms with Gasteiger partial charge in [-0.3, -0.25) is 0 Å². The third-order valence-corrected chi connectivity index (χ3v) is 1.67. The number of hydrogen-bond acceptors (Lipinski definition) is 2. The molecule has 1 rings (SSSR count). The number of phenolic OH excluding ortho intramolecular Hbond substituents is 1. The molecule has 0 radical (unpaired) electrons. The lowest BCUT2D eigenvalue weighted by Crippen LogP contribution is -1.90. The smallest absolute Gasteiger partial charge is 0.121 e. The van der Waals surface area contributed by atoms with E-state index >= 15 is 0 Å². The summed E-state index contributed by atoms with van der Waals surface area (Å²) in [6.45, 7) is 1.57. The van der Waals surface area contributed by atoms with Crippen molar-refractivity contribution in [3.8, 4) is 5.75 Å². The second-order valence-corrected chi connectivity index (χ2v) is 2.82. The summed E-state index contributed by atoms with van der Waals surface area (Å²) in [5, 5.41) is 18.8. The average Bonchev–Trinajstić information content (AvgIpc) is 1.94. The van der Waals surface area contributed by atoms with Gasteiger partial charge < -0.3 is 10.2 Å². The van der Waals surface area contributed by atoms with E-state index in [1.807, 2.05) is 0 Å². The summed E-state index contributed by atoms with van der Waals surface area (Å²) >= 11 is 5.64. The first-order valence-corrected chi connectivity index (χ1v) is 3.65. The van der Waals surface area contributed by atoms with Gasteiger partial charge in [0.2, 0.25) is 0 Å². The summed E-state index contributed by atoms with van der Waals surface area (Å²) in [5.41, 5.74) is 0.456. The maximum Gasteiger partial charge on any atom is 0.121 e. The zero-order valence-electron chi connectivity index (χ0n) is 6.08. The minimum absolute atomic E-state index is 0.0735. The Hall–Kier alpha value is -0.730. The first-order chi connectivity index (χ1) is 5.11. The number of aliphatic hydroxyl groups excluding tert-OH is 1. The molecule has 0 aliphatic carbocycles. The normalized spacial score (nSPS) is 13.0. The Kier molecular flexibility index (Phi) is 2.37. The summed E-state index contributed by atoms with van der Waals surface area (Å²) in [4.78, 5) is 0. The number of aliphatic hydroxyl groups is 1. The fourth-order valence-corrected chi connectivity index (χ4v) is 1.04. The van der Waals surface area contributed by atoms with Crippen molar-refractivity contribution in [2.45, 2.75) is 13.0 Å². The van der Waals surface area contributed by atoms with Gasteiger partial charge in [0.05, 0.1) is 6.10 Å². The average molecular weight is 173 g/mol. The van der Waals surface area contributed by atoms with E-state index in [0.717, 1.165) is 0 Å². The van der Waals surface area contributed by atoms with Crippen LogP contribution in [-0.2, 0) is 0 Å². The number of rotatable bonds is 1. The summed E-state index contributed by atoms with van der Waals surface area (Å²) in [7, 11) is 0. The van der Waals surface area contributed by atoms with Crippen LogP contribution in [0.3, 0.4) is 0 Å². The molecule has 0 bridgehead atoms. The topological polar surface area (TPSA) is 40.5 Å². The van der Waals surface area contributed by atoms with Gasteiger partial charge in [-0.1, -0.05) is 11.6 Å². The highest BCUT2D eigenvalue weighted by Gasteiger charge is 2.06. The predicted octanol–water partition coefficient (Wildman–Crippen LogP) is 2.10. The standard InChI is InChI=1S/C8H9ClO2/c1-5(10)7-4-6(9)2-3-8(7)11/h2-5,10-11H,1H3. The van der Waals surface area contributed by atoms with Crippen LogP contribution in [0.2, 0.25) is 5.02 Å². The van der Waals surface area contributed by atoms with E-state index in [1.165, 1.54) is 6.07 Å². The Morgan fingerprint density at radius 2 is 2.09 bits per heavy atom. The third-order valence-electron chi connectivity index (χ3n) is 1.44. The third kappa shape index (κ3) is 1.85. The first kappa shape index (κ1) is 8.37. The molecule has 0 aliphatic rings. The number of phenols is 1. The molecular formula is C8H9ClO2. The molecular weight excluding hydrogens is 164 g/mol. The monoisotopic (exact) mass is 172 g/mol. The molecule has 0 heterocycles. The summed E-state index contributed by atoms with van der Waals surface area (Å²) in [6.07, 6.45) is -0.686. The Balaban J connectivity index is 3.13. The lowest BCUT2D eigenvalue weighted by atomic mass is 10.1. The van der Waals surface area contributed by atoms with Crippen molar-refractivity contribution < 1.29 is 10.2 Å². The molecule has 1 aromatic carbocycles. The molecule has 3 heteroatoms. The summed E-state index contributed by atoms with van der Waals surface area (Å²) in [5.74, 6) is 0.0735. The molecule has 60 valence electrons. The largest absolute Gasteiger partial charge is 0.508 e. The van der Waals surface area contributed by atoms with Gasteiger partial charge in [0, 0.05) is 10.6 Å². The fourth-order valence-electron chi connectivity index (χ4n) is 0.860. The summed E-state index contributed by atoms with van der Waals surface area (Å²) < 4.78 is 0. The van der Waals surface area contributed by atoms with Crippen molar-refractivity contribution >= 4 is 11.6 Å². The Labute approximate surface area is 70.1 Å². The van der Waals surface area contributed by atoms with Crippen LogP contribution in [0.4, 0.5) is 0 Å². The van der Waals surface area contributed by atoms with E-state index in [4.69, 9.17) is 16.7 Å². The maximum absolute atomic E-state index is 9.19. The van der Waals surface area contributed by atoms with Crippen LogP contribution in [-0.4, -0.2) is 10.2 Å². The second kappa shape index (κ2) is 3.11. The van der Waals surface area contributed by atoms with Crippen LogP contribution in [0, 0.1) is 0 Å². The number of benzene rings is 1. The van der Waals surface area contributed by atoms with Gasteiger partial charge in [0.1, 0.15) is 5.75 Å². The highest BCUT2D eigenvalue weighted by molar-refractivity contribution is 6.30. The van der Waals surface area contributed by atoms with Crippen molar-refractivity contribution in [3.05, 3.63) is 28.8 Å². The van der Waals surface area contributed by atoms with Crippen molar-refractivity contribution in [1.82, 2.24) is 0 Å². The van der Waals surface area contributed by atoms with E-state index in [9.17, 15) is 5.11 Å². The van der Waals surface area contributed by atoms with Crippen molar-refractivity contribution in [3.63, 3.8) is 0 Å². The van der Waals surface area contributed by atoms with Gasteiger partial charge in [-0.2, -0.15) is 0 Å². The second-order valence-electron chi connectivity index (χ2n) is 2.38. The molecule has 0 fully saturated rings. The van der Waals surface area contributed by atoms with Gasteiger partial charge in [-0.15, -0.1) is 0 Å². The van der Waals surface area contributed by atoms with E-state index in [2.05, 4.69) is 0 Å². The van der Waals surface area contributed by atoms with Gasteiger partial charge >= 0.3 is 0 Å². The van der Waals surface area contributed by atoms with Gasteiger partial charge in [0.25, 0.3) is 0 Å².